The molecule has 7 heteroatoms. The fourth-order valence-electron chi connectivity index (χ4n) is 2.70. The van der Waals surface area contributed by atoms with Gasteiger partial charge in [-0.2, -0.15) is 8.42 Å². The molecule has 0 unspecified atom stereocenters. The zero-order valence-electron chi connectivity index (χ0n) is 8.98. The summed E-state index contributed by atoms with van der Waals surface area (Å²) in [5.74, 6) is -0.397. The number of carbonyl (C=O) groups excluding carboxylic acids is 1. The number of amides is 1. The van der Waals surface area contributed by atoms with Gasteiger partial charge < -0.3 is 4.74 Å². The van der Waals surface area contributed by atoms with Crippen molar-refractivity contribution in [1.29, 1.82) is 0 Å². The van der Waals surface area contributed by atoms with Crippen LogP contribution in [0.25, 0.3) is 0 Å². The second-order valence-corrected chi connectivity index (χ2v) is 6.80. The van der Waals surface area contributed by atoms with Crippen molar-refractivity contribution >= 4 is 25.8 Å². The molecular formula is C9H14ClNO4S. The zero-order chi connectivity index (χ0) is 12.0. The van der Waals surface area contributed by atoms with Crippen LogP contribution < -0.4 is 0 Å². The van der Waals surface area contributed by atoms with Crippen LogP contribution in [0.15, 0.2) is 0 Å². The molecule has 2 rings (SSSR count). The van der Waals surface area contributed by atoms with Crippen LogP contribution in [-0.4, -0.2) is 37.4 Å². The lowest BCUT2D eigenvalue weighted by Gasteiger charge is -2.52. The molecule has 0 aromatic carbocycles. The van der Waals surface area contributed by atoms with E-state index in [2.05, 4.69) is 0 Å². The SMILES string of the molecule is COC1CCC2(CC1)CC(=O)N2S(=O)(=O)Cl. The largest absolute Gasteiger partial charge is 0.381 e. The first-order valence-corrected chi connectivity index (χ1v) is 7.46. The number of halogens is 1. The molecule has 1 spiro atoms. The van der Waals surface area contributed by atoms with E-state index in [-0.39, 0.29) is 12.5 Å². The third-order valence-electron chi connectivity index (χ3n) is 3.55. The number of methoxy groups -OCH3 is 1. The van der Waals surface area contributed by atoms with Crippen LogP contribution in [0.5, 0.6) is 0 Å². The van der Waals surface area contributed by atoms with Gasteiger partial charge in [-0.1, -0.05) is 0 Å². The summed E-state index contributed by atoms with van der Waals surface area (Å²) >= 11 is 0. The van der Waals surface area contributed by atoms with E-state index in [0.717, 1.165) is 17.1 Å². The van der Waals surface area contributed by atoms with Crippen LogP contribution in [0.3, 0.4) is 0 Å². The van der Waals surface area contributed by atoms with Crippen molar-refractivity contribution in [3.8, 4) is 0 Å². The molecule has 0 aromatic rings. The van der Waals surface area contributed by atoms with Gasteiger partial charge in [0.2, 0.25) is 5.91 Å². The smallest absolute Gasteiger partial charge is 0.324 e. The Morgan fingerprint density at radius 1 is 1.44 bits per heavy atom. The molecule has 2 fully saturated rings. The van der Waals surface area contributed by atoms with E-state index < -0.39 is 20.7 Å². The number of ether oxygens (including phenoxy) is 1. The summed E-state index contributed by atoms with van der Waals surface area (Å²) in [6, 6.07) is 0. The number of hydrogen-bond donors (Lipinski definition) is 0. The monoisotopic (exact) mass is 267 g/mol. The minimum atomic E-state index is -3.93. The molecule has 0 N–H and O–H groups in total. The molecule has 1 amide bonds. The summed E-state index contributed by atoms with van der Waals surface area (Å²) < 4.78 is 28.6. The fraction of sp³-hybridized carbons (Fsp3) is 0.889. The Labute approximate surface area is 99.2 Å². The Kier molecular flexibility index (Phi) is 2.92. The van der Waals surface area contributed by atoms with Crippen molar-refractivity contribution in [2.45, 2.75) is 43.7 Å². The van der Waals surface area contributed by atoms with E-state index in [9.17, 15) is 13.2 Å². The summed E-state index contributed by atoms with van der Waals surface area (Å²) in [5, 5.41) is 0. The Hall–Kier alpha value is -0.330. The van der Waals surface area contributed by atoms with E-state index in [1.165, 1.54) is 0 Å². The number of rotatable bonds is 2. The summed E-state index contributed by atoms with van der Waals surface area (Å²) in [6.45, 7) is 0. The molecule has 2 aliphatic rings. The number of β-lactam (4-membered cyclic amide) rings is 1. The maximum absolute atomic E-state index is 11.3. The highest BCUT2D eigenvalue weighted by Crippen LogP contribution is 2.46. The number of hydrogen-bond acceptors (Lipinski definition) is 4. The molecule has 92 valence electrons. The third-order valence-corrected chi connectivity index (χ3v) is 4.99. The first kappa shape index (κ1) is 12.1. The molecule has 0 atom stereocenters. The first-order chi connectivity index (χ1) is 7.39. The lowest BCUT2D eigenvalue weighted by Crippen LogP contribution is -2.65. The quantitative estimate of drug-likeness (QED) is 0.554. The molecule has 16 heavy (non-hydrogen) atoms. The predicted octanol–water partition coefficient (Wildman–Crippen LogP) is 1.03. The van der Waals surface area contributed by atoms with Gasteiger partial charge in [0.1, 0.15) is 0 Å². The lowest BCUT2D eigenvalue weighted by molar-refractivity contribution is -0.149. The molecule has 0 radical (unpaired) electrons. The minimum Gasteiger partial charge on any atom is -0.381 e. The van der Waals surface area contributed by atoms with Gasteiger partial charge in [-0.3, -0.25) is 4.79 Å². The van der Waals surface area contributed by atoms with E-state index in [1.54, 1.807) is 7.11 Å². The van der Waals surface area contributed by atoms with Gasteiger partial charge >= 0.3 is 9.24 Å². The van der Waals surface area contributed by atoms with Crippen molar-refractivity contribution in [1.82, 2.24) is 4.31 Å². The topological polar surface area (TPSA) is 63.7 Å². The highest BCUT2D eigenvalue weighted by molar-refractivity contribution is 8.12. The van der Waals surface area contributed by atoms with Crippen LogP contribution in [0.4, 0.5) is 0 Å². The summed E-state index contributed by atoms with van der Waals surface area (Å²) in [7, 11) is 2.98. The molecule has 1 saturated carbocycles. The zero-order valence-corrected chi connectivity index (χ0v) is 10.6. The summed E-state index contributed by atoms with van der Waals surface area (Å²) in [5.41, 5.74) is -0.563. The van der Waals surface area contributed by atoms with Gasteiger partial charge in [0, 0.05) is 17.8 Å². The van der Waals surface area contributed by atoms with Gasteiger partial charge in [-0.05, 0) is 25.7 Å². The van der Waals surface area contributed by atoms with Gasteiger partial charge in [-0.25, -0.2) is 4.31 Å². The van der Waals surface area contributed by atoms with Gasteiger partial charge in [0.15, 0.2) is 0 Å². The second-order valence-electron chi connectivity index (χ2n) is 4.44. The Bertz CT molecular complexity index is 400. The normalized spacial score (nSPS) is 35.2. The lowest BCUT2D eigenvalue weighted by atomic mass is 9.73. The second kappa shape index (κ2) is 3.85. The number of nitrogens with zero attached hydrogens (tertiary/aromatic N) is 1. The first-order valence-electron chi connectivity index (χ1n) is 5.20. The van der Waals surface area contributed by atoms with E-state index in [1.807, 2.05) is 0 Å². The van der Waals surface area contributed by atoms with E-state index in [0.29, 0.717) is 12.8 Å². The van der Waals surface area contributed by atoms with Crippen molar-refractivity contribution in [2.75, 3.05) is 7.11 Å². The van der Waals surface area contributed by atoms with Gasteiger partial charge in [0.05, 0.1) is 18.1 Å². The molecule has 5 nitrogen and oxygen atoms in total. The maximum atomic E-state index is 11.3. The molecule has 1 aliphatic heterocycles. The standard InChI is InChI=1S/C9H14ClNO4S/c1-15-7-2-4-9(5-3-7)6-8(12)11(9)16(10,13)14/h7H,2-6H2,1H3. The van der Waals surface area contributed by atoms with Crippen molar-refractivity contribution in [2.24, 2.45) is 0 Å². The van der Waals surface area contributed by atoms with Crippen molar-refractivity contribution < 1.29 is 17.9 Å². The molecule has 0 aromatic heterocycles. The van der Waals surface area contributed by atoms with Crippen molar-refractivity contribution in [3.05, 3.63) is 0 Å². The van der Waals surface area contributed by atoms with Crippen LogP contribution in [0, 0.1) is 0 Å². The van der Waals surface area contributed by atoms with Crippen molar-refractivity contribution in [3.63, 3.8) is 0 Å². The Morgan fingerprint density at radius 2 is 2.00 bits per heavy atom. The Balaban J connectivity index is 2.14. The summed E-state index contributed by atoms with van der Waals surface area (Å²) in [4.78, 5) is 11.3. The van der Waals surface area contributed by atoms with Gasteiger partial charge in [0.25, 0.3) is 0 Å². The molecule has 0 bridgehead atoms. The highest BCUT2D eigenvalue weighted by atomic mass is 35.7. The number of carbonyl (C=O) groups is 1. The summed E-state index contributed by atoms with van der Waals surface area (Å²) in [6.07, 6.45) is 3.28. The van der Waals surface area contributed by atoms with E-state index in [4.69, 9.17) is 15.4 Å². The highest BCUT2D eigenvalue weighted by Gasteiger charge is 2.57. The molecule has 1 heterocycles. The Morgan fingerprint density at radius 3 is 2.38 bits per heavy atom. The maximum Gasteiger partial charge on any atom is 0.324 e. The fourth-order valence-corrected chi connectivity index (χ4v) is 4.38. The average Bonchev–Trinajstić information content (AvgIpc) is 2.15. The van der Waals surface area contributed by atoms with Crippen LogP contribution in [0.2, 0.25) is 0 Å². The van der Waals surface area contributed by atoms with Crippen LogP contribution in [0.1, 0.15) is 32.1 Å². The van der Waals surface area contributed by atoms with Gasteiger partial charge in [-0.15, -0.1) is 0 Å². The van der Waals surface area contributed by atoms with E-state index >= 15 is 0 Å². The molecule has 1 saturated heterocycles. The average molecular weight is 268 g/mol. The minimum absolute atomic E-state index is 0.168. The molecule has 1 aliphatic carbocycles. The molecular weight excluding hydrogens is 254 g/mol. The third kappa shape index (κ3) is 1.83. The predicted molar refractivity (Wildman–Crippen MR) is 58.2 cm³/mol. The van der Waals surface area contributed by atoms with Crippen LogP contribution >= 0.6 is 10.7 Å². The van der Waals surface area contributed by atoms with Crippen LogP contribution in [-0.2, 0) is 18.8 Å².